The van der Waals surface area contributed by atoms with E-state index in [4.69, 9.17) is 0 Å². The van der Waals surface area contributed by atoms with Gasteiger partial charge in [0.25, 0.3) is 0 Å². The van der Waals surface area contributed by atoms with Crippen molar-refractivity contribution in [1.29, 1.82) is 0 Å². The molecule has 0 amide bonds. The van der Waals surface area contributed by atoms with Crippen LogP contribution in [0, 0.1) is 5.82 Å². The molecule has 0 unspecified atom stereocenters. The van der Waals surface area contributed by atoms with Crippen molar-refractivity contribution in [2.45, 2.75) is 38.8 Å². The number of hydrogen-bond acceptors (Lipinski definition) is 2. The van der Waals surface area contributed by atoms with Gasteiger partial charge in [-0.05, 0) is 37.0 Å². The highest BCUT2D eigenvalue weighted by molar-refractivity contribution is 5.66. The summed E-state index contributed by atoms with van der Waals surface area (Å²) in [6, 6.07) is 5.93. The van der Waals surface area contributed by atoms with Crippen LogP contribution in [-0.4, -0.2) is 15.8 Å². The van der Waals surface area contributed by atoms with Gasteiger partial charge in [0.15, 0.2) is 0 Å². The first-order valence-electron chi connectivity index (χ1n) is 7.22. The fourth-order valence-electron chi connectivity index (χ4n) is 2.46. The van der Waals surface area contributed by atoms with Crippen LogP contribution in [0.4, 0.5) is 4.39 Å². The smallest absolute Gasteiger partial charge is 0.127 e. The van der Waals surface area contributed by atoms with Gasteiger partial charge in [-0.2, -0.15) is 5.10 Å². The third kappa shape index (κ3) is 2.75. The van der Waals surface area contributed by atoms with E-state index >= 15 is 0 Å². The molecular weight excluding hydrogens is 253 g/mol. The maximum Gasteiger partial charge on any atom is 0.127 e. The zero-order valence-corrected chi connectivity index (χ0v) is 12.0. The average molecular weight is 273 g/mol. The molecule has 1 aromatic carbocycles. The number of benzene rings is 1. The minimum Gasteiger partial charge on any atom is -0.310 e. The monoisotopic (exact) mass is 273 g/mol. The van der Waals surface area contributed by atoms with E-state index in [9.17, 15) is 4.39 Å². The summed E-state index contributed by atoms with van der Waals surface area (Å²) in [5.41, 5.74) is 3.94. The molecule has 2 aromatic rings. The maximum absolute atomic E-state index is 13.9. The lowest BCUT2D eigenvalue weighted by Crippen LogP contribution is -2.16. The van der Waals surface area contributed by atoms with Gasteiger partial charge in [0, 0.05) is 37.0 Å². The molecule has 1 N–H and O–H groups in total. The first kappa shape index (κ1) is 13.3. The van der Waals surface area contributed by atoms with Crippen LogP contribution in [0.3, 0.4) is 0 Å². The molecule has 0 atom stereocenters. The zero-order chi connectivity index (χ0) is 14.1. The molecule has 0 bridgehead atoms. The molecule has 106 valence electrons. The molecule has 1 heterocycles. The van der Waals surface area contributed by atoms with Crippen molar-refractivity contribution in [3.63, 3.8) is 0 Å². The molecule has 0 saturated heterocycles. The second kappa shape index (κ2) is 5.37. The molecule has 0 spiro atoms. The molecule has 3 rings (SSSR count). The van der Waals surface area contributed by atoms with Crippen LogP contribution in [-0.2, 0) is 20.0 Å². The van der Waals surface area contributed by atoms with Crippen LogP contribution >= 0.6 is 0 Å². The summed E-state index contributed by atoms with van der Waals surface area (Å²) in [5, 5.41) is 7.81. The van der Waals surface area contributed by atoms with E-state index in [-0.39, 0.29) is 5.82 Å². The van der Waals surface area contributed by atoms with Gasteiger partial charge < -0.3 is 5.32 Å². The quantitative estimate of drug-likeness (QED) is 0.907. The topological polar surface area (TPSA) is 29.9 Å². The standard InChI is InChI=1S/C16H20FN3/c1-3-16-14(10-20(2)19-16)11-4-7-15(17)12(8-11)9-18-13-5-6-13/h4,7-8,10,13,18H,3,5-6,9H2,1-2H3. The molecule has 4 heteroatoms. The summed E-state index contributed by atoms with van der Waals surface area (Å²) in [5.74, 6) is -0.135. The summed E-state index contributed by atoms with van der Waals surface area (Å²) in [4.78, 5) is 0. The Kier molecular flexibility index (Phi) is 3.57. The van der Waals surface area contributed by atoms with Crippen LogP contribution in [0.15, 0.2) is 24.4 Å². The SMILES string of the molecule is CCc1nn(C)cc1-c1ccc(F)c(CNC2CC2)c1. The van der Waals surface area contributed by atoms with Gasteiger partial charge in [0.1, 0.15) is 5.82 Å². The number of nitrogens with one attached hydrogen (secondary N) is 1. The predicted molar refractivity (Wildman–Crippen MR) is 77.8 cm³/mol. The lowest BCUT2D eigenvalue weighted by molar-refractivity contribution is 0.587. The van der Waals surface area contributed by atoms with Crippen molar-refractivity contribution in [1.82, 2.24) is 15.1 Å². The third-order valence-electron chi connectivity index (χ3n) is 3.76. The third-order valence-corrected chi connectivity index (χ3v) is 3.76. The number of halogens is 1. The predicted octanol–water partition coefficient (Wildman–Crippen LogP) is 3.04. The molecule has 1 aliphatic carbocycles. The van der Waals surface area contributed by atoms with Gasteiger partial charge in [-0.1, -0.05) is 13.0 Å². The first-order valence-corrected chi connectivity index (χ1v) is 7.22. The van der Waals surface area contributed by atoms with Crippen molar-refractivity contribution < 1.29 is 4.39 Å². The molecular formula is C16H20FN3. The summed E-state index contributed by atoms with van der Waals surface area (Å²) in [6.45, 7) is 2.69. The largest absolute Gasteiger partial charge is 0.310 e. The van der Waals surface area contributed by atoms with Crippen molar-refractivity contribution in [2.75, 3.05) is 0 Å². The second-order valence-electron chi connectivity index (χ2n) is 5.48. The fourth-order valence-corrected chi connectivity index (χ4v) is 2.46. The Morgan fingerprint density at radius 1 is 1.40 bits per heavy atom. The fraction of sp³-hybridized carbons (Fsp3) is 0.438. The highest BCUT2D eigenvalue weighted by Crippen LogP contribution is 2.26. The van der Waals surface area contributed by atoms with Gasteiger partial charge in [-0.3, -0.25) is 4.68 Å². The zero-order valence-electron chi connectivity index (χ0n) is 12.0. The molecule has 20 heavy (non-hydrogen) atoms. The van der Waals surface area contributed by atoms with E-state index < -0.39 is 0 Å². The van der Waals surface area contributed by atoms with Gasteiger partial charge >= 0.3 is 0 Å². The number of rotatable bonds is 5. The minimum atomic E-state index is -0.135. The molecule has 1 aromatic heterocycles. The molecule has 0 radical (unpaired) electrons. The number of aromatic nitrogens is 2. The first-order chi connectivity index (χ1) is 9.67. The van der Waals surface area contributed by atoms with Gasteiger partial charge in [-0.15, -0.1) is 0 Å². The van der Waals surface area contributed by atoms with E-state index in [1.807, 2.05) is 30.1 Å². The lowest BCUT2D eigenvalue weighted by Gasteiger charge is -2.08. The van der Waals surface area contributed by atoms with Gasteiger partial charge in [0.2, 0.25) is 0 Å². The van der Waals surface area contributed by atoms with E-state index in [2.05, 4.69) is 17.3 Å². The molecule has 3 nitrogen and oxygen atoms in total. The average Bonchev–Trinajstić information content (AvgIpc) is 3.19. The molecule has 1 aliphatic rings. The lowest BCUT2D eigenvalue weighted by atomic mass is 10.0. The second-order valence-corrected chi connectivity index (χ2v) is 5.48. The Bertz CT molecular complexity index is 614. The van der Waals surface area contributed by atoms with Crippen LogP contribution < -0.4 is 5.32 Å². The summed E-state index contributed by atoms with van der Waals surface area (Å²) in [6.07, 6.45) is 5.31. The van der Waals surface area contributed by atoms with Crippen molar-refractivity contribution in [2.24, 2.45) is 7.05 Å². The summed E-state index contributed by atoms with van der Waals surface area (Å²) in [7, 11) is 1.92. The van der Waals surface area contributed by atoms with E-state index in [0.717, 1.165) is 28.8 Å². The molecule has 1 saturated carbocycles. The van der Waals surface area contributed by atoms with Crippen LogP contribution in [0.25, 0.3) is 11.1 Å². The Labute approximate surface area is 118 Å². The Morgan fingerprint density at radius 3 is 2.90 bits per heavy atom. The van der Waals surface area contributed by atoms with Crippen molar-refractivity contribution >= 4 is 0 Å². The van der Waals surface area contributed by atoms with Crippen LogP contribution in [0.1, 0.15) is 31.0 Å². The summed E-state index contributed by atoms with van der Waals surface area (Å²) < 4.78 is 15.7. The highest BCUT2D eigenvalue weighted by atomic mass is 19.1. The highest BCUT2D eigenvalue weighted by Gasteiger charge is 2.20. The Hall–Kier alpha value is -1.68. The number of aryl methyl sites for hydroxylation is 2. The maximum atomic E-state index is 13.9. The molecule has 1 fully saturated rings. The number of hydrogen-bond donors (Lipinski definition) is 1. The van der Waals surface area contributed by atoms with Crippen LogP contribution in [0.2, 0.25) is 0 Å². The van der Waals surface area contributed by atoms with Crippen molar-refractivity contribution in [3.05, 3.63) is 41.5 Å². The minimum absolute atomic E-state index is 0.135. The van der Waals surface area contributed by atoms with Crippen LogP contribution in [0.5, 0.6) is 0 Å². The van der Waals surface area contributed by atoms with E-state index in [1.165, 1.54) is 12.8 Å². The van der Waals surface area contributed by atoms with Gasteiger partial charge in [0.05, 0.1) is 5.69 Å². The van der Waals surface area contributed by atoms with E-state index in [0.29, 0.717) is 12.6 Å². The Balaban J connectivity index is 1.90. The van der Waals surface area contributed by atoms with Crippen molar-refractivity contribution in [3.8, 4) is 11.1 Å². The number of nitrogens with zero attached hydrogens (tertiary/aromatic N) is 2. The normalized spacial score (nSPS) is 14.8. The molecule has 0 aliphatic heterocycles. The van der Waals surface area contributed by atoms with E-state index in [1.54, 1.807) is 6.07 Å². The summed E-state index contributed by atoms with van der Waals surface area (Å²) >= 11 is 0. The van der Waals surface area contributed by atoms with Gasteiger partial charge in [-0.25, -0.2) is 4.39 Å². The Morgan fingerprint density at radius 2 is 2.20 bits per heavy atom.